The molecule has 0 atom stereocenters. The number of likely N-dealkylation sites (tertiary alicyclic amines) is 1. The predicted octanol–water partition coefficient (Wildman–Crippen LogP) is 2.91. The Bertz CT molecular complexity index is 605. The van der Waals surface area contributed by atoms with Gasteiger partial charge in [0.25, 0.3) is 5.91 Å². The highest BCUT2D eigenvalue weighted by Crippen LogP contribution is 2.23. The number of ether oxygens (including phenoxy) is 2. The van der Waals surface area contributed by atoms with Gasteiger partial charge in [-0.2, -0.15) is 0 Å². The zero-order valence-electron chi connectivity index (χ0n) is 16.8. The quantitative estimate of drug-likeness (QED) is 0.644. The summed E-state index contributed by atoms with van der Waals surface area (Å²) in [6.45, 7) is 5.13. The minimum atomic E-state index is -0.658. The highest BCUT2D eigenvalue weighted by atomic mass is 35.5. The Morgan fingerprint density at radius 2 is 1.83 bits per heavy atom. The van der Waals surface area contributed by atoms with Crippen LogP contribution in [0.15, 0.2) is 24.3 Å². The van der Waals surface area contributed by atoms with E-state index in [4.69, 9.17) is 21.1 Å². The topological polar surface area (TPSA) is 62.8 Å². The van der Waals surface area contributed by atoms with Crippen molar-refractivity contribution in [3.8, 4) is 5.75 Å². The molecule has 166 valence electrons. The molecular formula is C20H32Cl3N3O3. The van der Waals surface area contributed by atoms with Gasteiger partial charge in [-0.1, -0.05) is 11.6 Å². The molecule has 1 amide bonds. The fraction of sp³-hybridized carbons (Fsp3) is 0.650. The predicted molar refractivity (Wildman–Crippen MR) is 121 cm³/mol. The number of benzene rings is 1. The Balaban J connectivity index is 0.00000210. The van der Waals surface area contributed by atoms with Gasteiger partial charge in [-0.25, -0.2) is 0 Å². The Morgan fingerprint density at radius 3 is 2.41 bits per heavy atom. The average Bonchev–Trinajstić information content (AvgIpc) is 2.71. The number of rotatable bonds is 7. The van der Waals surface area contributed by atoms with Crippen LogP contribution in [-0.4, -0.2) is 68.9 Å². The zero-order chi connectivity index (χ0) is 19.1. The van der Waals surface area contributed by atoms with E-state index in [-0.39, 0.29) is 36.8 Å². The fourth-order valence-electron chi connectivity index (χ4n) is 3.80. The lowest BCUT2D eigenvalue weighted by Crippen LogP contribution is -2.57. The van der Waals surface area contributed by atoms with Crippen LogP contribution < -0.4 is 15.4 Å². The maximum absolute atomic E-state index is 12.7. The third-order valence-electron chi connectivity index (χ3n) is 5.63. The van der Waals surface area contributed by atoms with Crippen molar-refractivity contribution in [3.05, 3.63) is 29.3 Å². The number of carbonyl (C=O) groups is 1. The lowest BCUT2D eigenvalue weighted by molar-refractivity contribution is -0.147. The average molecular weight is 469 g/mol. The van der Waals surface area contributed by atoms with Gasteiger partial charge in [0, 0.05) is 37.8 Å². The second-order valence-corrected chi connectivity index (χ2v) is 7.78. The Hall–Kier alpha value is -0.760. The zero-order valence-corrected chi connectivity index (χ0v) is 19.2. The molecule has 2 aliphatic rings. The summed E-state index contributed by atoms with van der Waals surface area (Å²) in [4.78, 5) is 15.1. The molecule has 0 aromatic heterocycles. The van der Waals surface area contributed by atoms with Crippen molar-refractivity contribution < 1.29 is 14.3 Å². The lowest BCUT2D eigenvalue weighted by Gasteiger charge is -2.38. The molecule has 29 heavy (non-hydrogen) atoms. The maximum atomic E-state index is 12.7. The van der Waals surface area contributed by atoms with Gasteiger partial charge >= 0.3 is 0 Å². The van der Waals surface area contributed by atoms with Crippen molar-refractivity contribution in [1.82, 2.24) is 15.5 Å². The molecule has 2 N–H and O–H groups in total. The van der Waals surface area contributed by atoms with Gasteiger partial charge in [0.2, 0.25) is 0 Å². The molecule has 1 aromatic carbocycles. The largest absolute Gasteiger partial charge is 0.492 e. The summed E-state index contributed by atoms with van der Waals surface area (Å²) >= 11 is 5.88. The number of hydrogen-bond acceptors (Lipinski definition) is 5. The first-order chi connectivity index (χ1) is 13.1. The molecule has 0 unspecified atom stereocenters. The van der Waals surface area contributed by atoms with E-state index in [1.807, 2.05) is 24.3 Å². The summed E-state index contributed by atoms with van der Waals surface area (Å²) in [6.07, 6.45) is 3.39. The number of carbonyl (C=O) groups excluding carboxylic acids is 1. The van der Waals surface area contributed by atoms with E-state index in [9.17, 15) is 4.79 Å². The van der Waals surface area contributed by atoms with Crippen LogP contribution in [0.3, 0.4) is 0 Å². The third kappa shape index (κ3) is 7.46. The van der Waals surface area contributed by atoms with Crippen LogP contribution >= 0.6 is 36.4 Å². The van der Waals surface area contributed by atoms with Gasteiger partial charge in [-0.3, -0.25) is 9.69 Å². The first-order valence-corrected chi connectivity index (χ1v) is 10.2. The number of nitrogens with one attached hydrogen (secondary N) is 2. The maximum Gasteiger partial charge on any atom is 0.252 e. The van der Waals surface area contributed by atoms with Gasteiger partial charge in [0.05, 0.1) is 0 Å². The van der Waals surface area contributed by atoms with Crippen LogP contribution in [-0.2, 0) is 9.53 Å². The molecule has 3 rings (SSSR count). The summed E-state index contributed by atoms with van der Waals surface area (Å²) < 4.78 is 11.4. The molecular weight excluding hydrogens is 437 g/mol. The molecule has 2 aliphatic heterocycles. The summed E-state index contributed by atoms with van der Waals surface area (Å²) in [7, 11) is 1.65. The molecule has 0 bridgehead atoms. The molecule has 0 aliphatic carbocycles. The van der Waals surface area contributed by atoms with Crippen LogP contribution in [0.25, 0.3) is 0 Å². The second-order valence-electron chi connectivity index (χ2n) is 7.34. The number of amides is 1. The smallest absolute Gasteiger partial charge is 0.252 e. The molecule has 9 heteroatoms. The van der Waals surface area contributed by atoms with Gasteiger partial charge in [-0.05, 0) is 63.0 Å². The molecule has 2 heterocycles. The number of nitrogens with zero attached hydrogens (tertiary/aromatic N) is 1. The standard InChI is InChI=1S/C20H30ClN3O3.2ClH/c1-26-20(8-10-22-11-9-20)19(25)23-17-6-12-24(13-7-17)14-15-27-18-4-2-16(21)3-5-18;;/h2-5,17,22H,6-15H2,1H3,(H,23,25);2*1H. The number of halogens is 3. The first-order valence-electron chi connectivity index (χ1n) is 9.79. The molecule has 1 aromatic rings. The van der Waals surface area contributed by atoms with Crippen LogP contribution in [0.1, 0.15) is 25.7 Å². The van der Waals surface area contributed by atoms with Gasteiger partial charge < -0.3 is 20.1 Å². The van der Waals surface area contributed by atoms with Gasteiger partial charge in [-0.15, -0.1) is 24.8 Å². The Morgan fingerprint density at radius 1 is 1.21 bits per heavy atom. The molecule has 0 radical (unpaired) electrons. The fourth-order valence-corrected chi connectivity index (χ4v) is 3.92. The SMILES string of the molecule is COC1(C(=O)NC2CCN(CCOc3ccc(Cl)cc3)CC2)CCNCC1.Cl.Cl. The van der Waals surface area contributed by atoms with Crippen LogP contribution in [0.5, 0.6) is 5.75 Å². The van der Waals surface area contributed by atoms with Crippen LogP contribution in [0.2, 0.25) is 5.02 Å². The minimum Gasteiger partial charge on any atom is -0.492 e. The second kappa shape index (κ2) is 12.8. The highest BCUT2D eigenvalue weighted by Gasteiger charge is 2.40. The number of methoxy groups -OCH3 is 1. The summed E-state index contributed by atoms with van der Waals surface area (Å²) in [5.74, 6) is 0.893. The van der Waals surface area contributed by atoms with Crippen molar-refractivity contribution in [2.75, 3.05) is 46.4 Å². The van der Waals surface area contributed by atoms with Crippen molar-refractivity contribution in [1.29, 1.82) is 0 Å². The first kappa shape index (κ1) is 26.3. The summed E-state index contributed by atoms with van der Waals surface area (Å²) in [6, 6.07) is 7.67. The van der Waals surface area contributed by atoms with Gasteiger partial charge in [0.1, 0.15) is 18.0 Å². The minimum absolute atomic E-state index is 0. The van der Waals surface area contributed by atoms with E-state index in [1.165, 1.54) is 0 Å². The van der Waals surface area contributed by atoms with E-state index in [0.717, 1.165) is 64.2 Å². The summed E-state index contributed by atoms with van der Waals surface area (Å²) in [5.41, 5.74) is -0.658. The number of piperidine rings is 2. The third-order valence-corrected chi connectivity index (χ3v) is 5.88. The van der Waals surface area contributed by atoms with Crippen molar-refractivity contribution in [2.45, 2.75) is 37.3 Å². The highest BCUT2D eigenvalue weighted by molar-refractivity contribution is 6.30. The van der Waals surface area contributed by atoms with E-state index in [2.05, 4.69) is 15.5 Å². The molecule has 2 fully saturated rings. The van der Waals surface area contributed by atoms with Crippen molar-refractivity contribution in [3.63, 3.8) is 0 Å². The Kier molecular flexibility index (Phi) is 11.6. The summed E-state index contributed by atoms with van der Waals surface area (Å²) in [5, 5.41) is 7.23. The van der Waals surface area contributed by atoms with E-state index >= 15 is 0 Å². The van der Waals surface area contributed by atoms with Gasteiger partial charge in [0.15, 0.2) is 0 Å². The van der Waals surface area contributed by atoms with E-state index < -0.39 is 5.60 Å². The van der Waals surface area contributed by atoms with E-state index in [1.54, 1.807) is 7.11 Å². The van der Waals surface area contributed by atoms with Crippen molar-refractivity contribution in [2.24, 2.45) is 0 Å². The normalized spacial score (nSPS) is 19.5. The van der Waals surface area contributed by atoms with Crippen LogP contribution in [0, 0.1) is 0 Å². The lowest BCUT2D eigenvalue weighted by atomic mass is 9.90. The van der Waals surface area contributed by atoms with Crippen molar-refractivity contribution >= 4 is 42.3 Å². The van der Waals surface area contributed by atoms with Crippen LogP contribution in [0.4, 0.5) is 0 Å². The molecule has 0 spiro atoms. The molecule has 2 saturated heterocycles. The molecule has 0 saturated carbocycles. The Labute approximate surface area is 190 Å². The monoisotopic (exact) mass is 467 g/mol. The number of hydrogen-bond donors (Lipinski definition) is 2. The molecule has 6 nitrogen and oxygen atoms in total. The van der Waals surface area contributed by atoms with E-state index in [0.29, 0.717) is 11.6 Å².